The van der Waals surface area contributed by atoms with Crippen LogP contribution < -0.4 is 0 Å². The Labute approximate surface area is 87.4 Å². The van der Waals surface area contributed by atoms with Crippen molar-refractivity contribution in [1.29, 1.82) is 0 Å². The average Bonchev–Trinajstić information content (AvgIpc) is 2.25. The van der Waals surface area contributed by atoms with E-state index >= 15 is 0 Å². The largest absolute Gasteiger partial charge is 0.395 e. The molecule has 0 aliphatic rings. The molecule has 0 unspecified atom stereocenters. The Hall–Kier alpha value is -1.49. The fourth-order valence-electron chi connectivity index (χ4n) is 1.24. The average molecular weight is 212 g/mol. The van der Waals surface area contributed by atoms with Crippen LogP contribution in [0.25, 0.3) is 0 Å². The molecule has 0 saturated heterocycles. The van der Waals surface area contributed by atoms with Crippen LogP contribution in [0.2, 0.25) is 0 Å². The summed E-state index contributed by atoms with van der Waals surface area (Å²) in [4.78, 5) is 16.5. The highest BCUT2D eigenvalue weighted by molar-refractivity contribution is 5.94. The third kappa shape index (κ3) is 2.99. The van der Waals surface area contributed by atoms with Crippen LogP contribution in [0.1, 0.15) is 17.3 Å². The number of hydrogen-bond acceptors (Lipinski definition) is 3. The number of aromatic nitrogens is 1. The number of halogens is 1. The topological polar surface area (TPSA) is 53.4 Å². The highest BCUT2D eigenvalue weighted by Gasteiger charge is 2.13. The van der Waals surface area contributed by atoms with E-state index in [1.165, 1.54) is 17.2 Å². The van der Waals surface area contributed by atoms with Gasteiger partial charge in [-0.05, 0) is 13.0 Å². The molecule has 0 radical (unpaired) electrons. The molecule has 0 spiro atoms. The number of nitrogens with zero attached hydrogens (tertiary/aromatic N) is 2. The molecule has 1 rings (SSSR count). The standard InChI is InChI=1S/C10H13FN2O2/c1-2-13(5-6-14)10(15)8-3-4-12-9(11)7-8/h3-4,7,14H,2,5-6H2,1H3. The molecule has 1 aromatic heterocycles. The van der Waals surface area contributed by atoms with Gasteiger partial charge < -0.3 is 10.0 Å². The Morgan fingerprint density at radius 2 is 2.40 bits per heavy atom. The number of rotatable bonds is 4. The summed E-state index contributed by atoms with van der Waals surface area (Å²) >= 11 is 0. The van der Waals surface area contributed by atoms with Gasteiger partial charge in [-0.15, -0.1) is 0 Å². The molecule has 5 heteroatoms. The monoisotopic (exact) mass is 212 g/mol. The van der Waals surface area contributed by atoms with Crippen molar-refractivity contribution >= 4 is 5.91 Å². The van der Waals surface area contributed by atoms with Crippen LogP contribution in [-0.2, 0) is 0 Å². The summed E-state index contributed by atoms with van der Waals surface area (Å²) in [5.74, 6) is -0.978. The Bertz CT molecular complexity index is 344. The Morgan fingerprint density at radius 1 is 1.67 bits per heavy atom. The van der Waals surface area contributed by atoms with Crippen molar-refractivity contribution in [2.45, 2.75) is 6.92 Å². The SMILES string of the molecule is CCN(CCO)C(=O)c1ccnc(F)c1. The molecule has 15 heavy (non-hydrogen) atoms. The van der Waals surface area contributed by atoms with E-state index in [1.54, 1.807) is 6.92 Å². The molecular formula is C10H13FN2O2. The lowest BCUT2D eigenvalue weighted by molar-refractivity contribution is 0.0731. The molecule has 0 saturated carbocycles. The van der Waals surface area contributed by atoms with Gasteiger partial charge in [0.25, 0.3) is 5.91 Å². The lowest BCUT2D eigenvalue weighted by Gasteiger charge is -2.19. The van der Waals surface area contributed by atoms with Crippen molar-refractivity contribution in [2.75, 3.05) is 19.7 Å². The van der Waals surface area contributed by atoms with Crippen LogP contribution in [0.5, 0.6) is 0 Å². The zero-order valence-electron chi connectivity index (χ0n) is 8.48. The number of hydrogen-bond donors (Lipinski definition) is 1. The molecule has 0 atom stereocenters. The van der Waals surface area contributed by atoms with Gasteiger partial charge in [0.2, 0.25) is 5.95 Å². The number of aliphatic hydroxyl groups excluding tert-OH is 1. The van der Waals surface area contributed by atoms with Crippen LogP contribution in [0, 0.1) is 5.95 Å². The van der Waals surface area contributed by atoms with Crippen molar-refractivity contribution in [3.8, 4) is 0 Å². The van der Waals surface area contributed by atoms with Crippen molar-refractivity contribution in [3.63, 3.8) is 0 Å². The van der Waals surface area contributed by atoms with Crippen LogP contribution in [0.4, 0.5) is 4.39 Å². The normalized spacial score (nSPS) is 10.1. The minimum atomic E-state index is -0.680. The molecule has 0 aromatic carbocycles. The molecule has 1 N–H and O–H groups in total. The number of amides is 1. The molecule has 0 aliphatic heterocycles. The second-order valence-electron chi connectivity index (χ2n) is 2.98. The van der Waals surface area contributed by atoms with Gasteiger partial charge in [-0.3, -0.25) is 4.79 Å². The first kappa shape index (κ1) is 11.6. The maximum Gasteiger partial charge on any atom is 0.254 e. The Morgan fingerprint density at radius 3 is 2.93 bits per heavy atom. The Balaban J connectivity index is 2.82. The van der Waals surface area contributed by atoms with Gasteiger partial charge in [0.1, 0.15) is 0 Å². The minimum absolute atomic E-state index is 0.104. The highest BCUT2D eigenvalue weighted by Crippen LogP contribution is 2.05. The molecule has 1 amide bonds. The lowest BCUT2D eigenvalue weighted by atomic mass is 10.2. The van der Waals surface area contributed by atoms with E-state index in [9.17, 15) is 9.18 Å². The molecule has 0 fully saturated rings. The van der Waals surface area contributed by atoms with Gasteiger partial charge in [0.15, 0.2) is 0 Å². The molecule has 82 valence electrons. The summed E-state index contributed by atoms with van der Waals surface area (Å²) in [7, 11) is 0. The molecular weight excluding hydrogens is 199 g/mol. The zero-order valence-corrected chi connectivity index (χ0v) is 8.48. The molecule has 4 nitrogen and oxygen atoms in total. The quantitative estimate of drug-likeness (QED) is 0.746. The zero-order chi connectivity index (χ0) is 11.3. The number of carbonyl (C=O) groups is 1. The molecule has 1 aromatic rings. The fourth-order valence-corrected chi connectivity index (χ4v) is 1.24. The minimum Gasteiger partial charge on any atom is -0.395 e. The van der Waals surface area contributed by atoms with Gasteiger partial charge in [0, 0.05) is 30.9 Å². The highest BCUT2D eigenvalue weighted by atomic mass is 19.1. The summed E-state index contributed by atoms with van der Waals surface area (Å²) < 4.78 is 12.7. The van der Waals surface area contributed by atoms with Gasteiger partial charge in [-0.2, -0.15) is 4.39 Å². The summed E-state index contributed by atoms with van der Waals surface area (Å²) in [5.41, 5.74) is 0.248. The third-order valence-corrected chi connectivity index (χ3v) is 2.01. The van der Waals surface area contributed by atoms with Crippen LogP contribution in [-0.4, -0.2) is 40.6 Å². The van der Waals surface area contributed by atoms with E-state index in [0.717, 1.165) is 6.07 Å². The number of carbonyl (C=O) groups excluding carboxylic acids is 1. The van der Waals surface area contributed by atoms with Crippen molar-refractivity contribution in [1.82, 2.24) is 9.88 Å². The molecule has 1 heterocycles. The van der Waals surface area contributed by atoms with Gasteiger partial charge in [-0.1, -0.05) is 0 Å². The molecule has 0 bridgehead atoms. The first-order valence-electron chi connectivity index (χ1n) is 4.70. The third-order valence-electron chi connectivity index (χ3n) is 2.01. The summed E-state index contributed by atoms with van der Waals surface area (Å²) in [5, 5.41) is 8.74. The predicted octanol–water partition coefficient (Wildman–Crippen LogP) is 0.675. The number of likely N-dealkylation sites (N-methyl/N-ethyl adjacent to an activating group) is 1. The lowest BCUT2D eigenvalue weighted by Crippen LogP contribution is -2.33. The summed E-state index contributed by atoms with van der Waals surface area (Å²) in [6.07, 6.45) is 1.25. The van der Waals surface area contributed by atoms with E-state index < -0.39 is 5.95 Å². The van der Waals surface area contributed by atoms with Crippen molar-refractivity contribution < 1.29 is 14.3 Å². The van der Waals surface area contributed by atoms with Crippen LogP contribution in [0.15, 0.2) is 18.3 Å². The second kappa shape index (κ2) is 5.41. The summed E-state index contributed by atoms with van der Waals surface area (Å²) in [6, 6.07) is 2.54. The summed E-state index contributed by atoms with van der Waals surface area (Å²) in [6.45, 7) is 2.42. The predicted molar refractivity (Wildman–Crippen MR) is 52.9 cm³/mol. The second-order valence-corrected chi connectivity index (χ2v) is 2.98. The maximum absolute atomic E-state index is 12.7. The van der Waals surface area contributed by atoms with E-state index in [2.05, 4.69) is 4.98 Å². The maximum atomic E-state index is 12.7. The number of aliphatic hydroxyl groups is 1. The Kier molecular flexibility index (Phi) is 4.17. The van der Waals surface area contributed by atoms with Crippen molar-refractivity contribution in [2.24, 2.45) is 0 Å². The molecule has 0 aliphatic carbocycles. The van der Waals surface area contributed by atoms with Crippen LogP contribution >= 0.6 is 0 Å². The van der Waals surface area contributed by atoms with Gasteiger partial charge in [-0.25, -0.2) is 4.98 Å². The van der Waals surface area contributed by atoms with Crippen molar-refractivity contribution in [3.05, 3.63) is 29.8 Å². The van der Waals surface area contributed by atoms with E-state index in [-0.39, 0.29) is 24.6 Å². The van der Waals surface area contributed by atoms with E-state index in [0.29, 0.717) is 6.54 Å². The van der Waals surface area contributed by atoms with Gasteiger partial charge in [0.05, 0.1) is 6.61 Å². The van der Waals surface area contributed by atoms with Gasteiger partial charge >= 0.3 is 0 Å². The number of pyridine rings is 1. The first-order chi connectivity index (χ1) is 7.19. The van der Waals surface area contributed by atoms with E-state index in [4.69, 9.17) is 5.11 Å². The first-order valence-corrected chi connectivity index (χ1v) is 4.70. The van der Waals surface area contributed by atoms with Crippen LogP contribution in [0.3, 0.4) is 0 Å². The fraction of sp³-hybridized carbons (Fsp3) is 0.400. The van der Waals surface area contributed by atoms with E-state index in [1.807, 2.05) is 0 Å². The smallest absolute Gasteiger partial charge is 0.254 e.